The normalized spacial score (nSPS) is 11.7. The van der Waals surface area contributed by atoms with E-state index in [4.69, 9.17) is 9.66 Å². The summed E-state index contributed by atoms with van der Waals surface area (Å²) in [5.41, 5.74) is 2.75. The van der Waals surface area contributed by atoms with Gasteiger partial charge in [-0.15, -0.1) is 0 Å². The molecule has 2 rings (SSSR count). The van der Waals surface area contributed by atoms with Gasteiger partial charge in [0.05, 0.1) is 17.1 Å². The highest BCUT2D eigenvalue weighted by atomic mass is 32.2. The number of nitrogens with one attached hydrogen (secondary N) is 1. The molecule has 3 N–H and O–H groups in total. The largest absolute Gasteiger partial charge is 0.361 e. The van der Waals surface area contributed by atoms with Crippen molar-refractivity contribution in [1.82, 2.24) is 15.4 Å². The molecule has 0 aliphatic heterocycles. The lowest BCUT2D eigenvalue weighted by molar-refractivity contribution is -0.122. The monoisotopic (exact) mass is 380 g/mol. The summed E-state index contributed by atoms with van der Waals surface area (Å²) in [6.45, 7) is 5.04. The Morgan fingerprint density at radius 2 is 1.92 bits per heavy atom. The van der Waals surface area contributed by atoms with Gasteiger partial charge in [0.15, 0.2) is 0 Å². The van der Waals surface area contributed by atoms with Crippen LogP contribution in [-0.2, 0) is 27.8 Å². The van der Waals surface area contributed by atoms with Crippen LogP contribution in [0.5, 0.6) is 0 Å². The van der Waals surface area contributed by atoms with Crippen molar-refractivity contribution in [3.05, 3.63) is 46.8 Å². The second kappa shape index (κ2) is 8.43. The second-order valence-electron chi connectivity index (χ2n) is 6.26. The molecule has 0 atom stereocenters. The quantitative estimate of drug-likeness (QED) is 0.697. The van der Waals surface area contributed by atoms with Crippen molar-refractivity contribution in [3.8, 4) is 0 Å². The molecule has 8 nitrogen and oxygen atoms in total. The first-order valence-corrected chi connectivity index (χ1v) is 9.70. The number of aryl methyl sites for hydroxylation is 2. The van der Waals surface area contributed by atoms with Crippen LogP contribution in [0.2, 0.25) is 0 Å². The van der Waals surface area contributed by atoms with Gasteiger partial charge in [-0.1, -0.05) is 17.3 Å². The minimum Gasteiger partial charge on any atom is -0.361 e. The van der Waals surface area contributed by atoms with Crippen LogP contribution in [0.4, 0.5) is 0 Å². The molecule has 0 aliphatic rings. The van der Waals surface area contributed by atoms with Crippen molar-refractivity contribution in [1.29, 1.82) is 0 Å². The van der Waals surface area contributed by atoms with Crippen LogP contribution in [0, 0.1) is 13.8 Å². The SMILES string of the molecule is Cc1noc(C)c1CN(C)CC(=O)NCCc1ccc(S(N)(=O)=O)cc1. The first-order valence-electron chi connectivity index (χ1n) is 8.15. The summed E-state index contributed by atoms with van der Waals surface area (Å²) in [5.74, 6) is 0.679. The zero-order chi connectivity index (χ0) is 19.3. The van der Waals surface area contributed by atoms with Gasteiger partial charge in [-0.25, -0.2) is 13.6 Å². The molecule has 2 aromatic rings. The number of hydrogen-bond acceptors (Lipinski definition) is 6. The van der Waals surface area contributed by atoms with E-state index in [1.165, 1.54) is 12.1 Å². The molecule has 1 heterocycles. The smallest absolute Gasteiger partial charge is 0.238 e. The third kappa shape index (κ3) is 5.65. The standard InChI is InChI=1S/C17H24N4O4S/c1-12-16(13(2)25-20-12)10-21(3)11-17(22)19-9-8-14-4-6-15(7-5-14)26(18,23)24/h4-7H,8-11H2,1-3H3,(H,19,22)(H2,18,23,24). The Kier molecular flexibility index (Phi) is 6.52. The van der Waals surface area contributed by atoms with Crippen LogP contribution in [0.1, 0.15) is 22.6 Å². The molecule has 0 aliphatic carbocycles. The zero-order valence-electron chi connectivity index (χ0n) is 15.2. The minimum absolute atomic E-state index is 0.0752. The van der Waals surface area contributed by atoms with Crippen LogP contribution in [-0.4, -0.2) is 44.5 Å². The lowest BCUT2D eigenvalue weighted by Gasteiger charge is -2.16. The third-order valence-corrected chi connectivity index (χ3v) is 4.94. The molecule has 0 bridgehead atoms. The molecule has 0 saturated carbocycles. The predicted molar refractivity (Wildman–Crippen MR) is 96.8 cm³/mol. The number of aromatic nitrogens is 1. The highest BCUT2D eigenvalue weighted by molar-refractivity contribution is 7.89. The van der Waals surface area contributed by atoms with E-state index in [2.05, 4.69) is 10.5 Å². The molecule has 0 spiro atoms. The molecular formula is C17H24N4O4S. The third-order valence-electron chi connectivity index (χ3n) is 4.01. The van der Waals surface area contributed by atoms with E-state index in [0.29, 0.717) is 19.5 Å². The molecule has 1 aromatic heterocycles. The summed E-state index contributed by atoms with van der Waals surface area (Å²) in [4.78, 5) is 14.0. The summed E-state index contributed by atoms with van der Waals surface area (Å²) in [6, 6.07) is 6.30. The van der Waals surface area contributed by atoms with Gasteiger partial charge in [-0.2, -0.15) is 0 Å². The summed E-state index contributed by atoms with van der Waals surface area (Å²) >= 11 is 0. The van der Waals surface area contributed by atoms with Gasteiger partial charge in [0.25, 0.3) is 0 Å². The molecular weight excluding hydrogens is 356 g/mol. The van der Waals surface area contributed by atoms with Crippen LogP contribution >= 0.6 is 0 Å². The Morgan fingerprint density at radius 3 is 2.46 bits per heavy atom. The van der Waals surface area contributed by atoms with Gasteiger partial charge in [0.1, 0.15) is 5.76 Å². The molecule has 0 unspecified atom stereocenters. The lowest BCUT2D eigenvalue weighted by Crippen LogP contribution is -2.36. The first-order chi connectivity index (χ1) is 12.2. The summed E-state index contributed by atoms with van der Waals surface area (Å²) < 4.78 is 27.5. The van der Waals surface area contributed by atoms with E-state index >= 15 is 0 Å². The van der Waals surface area contributed by atoms with E-state index in [1.807, 2.05) is 25.8 Å². The number of benzene rings is 1. The van der Waals surface area contributed by atoms with Crippen LogP contribution < -0.4 is 10.5 Å². The molecule has 0 radical (unpaired) electrons. The number of sulfonamides is 1. The molecule has 0 saturated heterocycles. The van der Waals surface area contributed by atoms with E-state index in [1.54, 1.807) is 12.1 Å². The summed E-state index contributed by atoms with van der Waals surface area (Å²) in [6.07, 6.45) is 0.601. The lowest BCUT2D eigenvalue weighted by atomic mass is 10.1. The molecule has 1 amide bonds. The average molecular weight is 380 g/mol. The number of amides is 1. The maximum Gasteiger partial charge on any atom is 0.238 e. The molecule has 0 fully saturated rings. The van der Waals surface area contributed by atoms with Crippen molar-refractivity contribution in [3.63, 3.8) is 0 Å². The average Bonchev–Trinajstić information content (AvgIpc) is 2.86. The van der Waals surface area contributed by atoms with Gasteiger partial charge in [0.2, 0.25) is 15.9 Å². The molecule has 26 heavy (non-hydrogen) atoms. The van der Waals surface area contributed by atoms with Crippen molar-refractivity contribution in [2.24, 2.45) is 5.14 Å². The first kappa shape index (κ1) is 20.1. The van der Waals surface area contributed by atoms with Crippen molar-refractivity contribution in [2.45, 2.75) is 31.7 Å². The van der Waals surface area contributed by atoms with Gasteiger partial charge >= 0.3 is 0 Å². The number of nitrogens with two attached hydrogens (primary N) is 1. The van der Waals surface area contributed by atoms with E-state index in [0.717, 1.165) is 22.6 Å². The van der Waals surface area contributed by atoms with Crippen LogP contribution in [0.3, 0.4) is 0 Å². The Morgan fingerprint density at radius 1 is 1.27 bits per heavy atom. The number of nitrogens with zero attached hydrogens (tertiary/aromatic N) is 2. The fourth-order valence-electron chi connectivity index (χ4n) is 2.55. The van der Waals surface area contributed by atoms with E-state index in [-0.39, 0.29) is 17.3 Å². The van der Waals surface area contributed by atoms with Crippen molar-refractivity contribution < 1.29 is 17.7 Å². The highest BCUT2D eigenvalue weighted by Crippen LogP contribution is 2.14. The van der Waals surface area contributed by atoms with E-state index in [9.17, 15) is 13.2 Å². The maximum atomic E-state index is 12.0. The fraction of sp³-hybridized carbons (Fsp3) is 0.412. The Balaban J connectivity index is 1.76. The van der Waals surface area contributed by atoms with Gasteiger partial charge in [0, 0.05) is 18.7 Å². The Hall–Kier alpha value is -2.23. The summed E-state index contributed by atoms with van der Waals surface area (Å²) in [5, 5.41) is 11.8. The number of primary sulfonamides is 1. The predicted octanol–water partition coefficient (Wildman–Crippen LogP) is 0.730. The van der Waals surface area contributed by atoms with Gasteiger partial charge in [-0.05, 0) is 45.0 Å². The van der Waals surface area contributed by atoms with Crippen molar-refractivity contribution >= 4 is 15.9 Å². The summed E-state index contributed by atoms with van der Waals surface area (Å²) in [7, 11) is -1.82. The fourth-order valence-corrected chi connectivity index (χ4v) is 3.06. The van der Waals surface area contributed by atoms with Gasteiger partial charge in [-0.3, -0.25) is 9.69 Å². The highest BCUT2D eigenvalue weighted by Gasteiger charge is 2.13. The van der Waals surface area contributed by atoms with Crippen molar-refractivity contribution in [2.75, 3.05) is 20.1 Å². The van der Waals surface area contributed by atoms with Gasteiger partial charge < -0.3 is 9.84 Å². The minimum atomic E-state index is -3.68. The number of hydrogen-bond donors (Lipinski definition) is 2. The number of carbonyl (C=O) groups is 1. The number of likely N-dealkylation sites (N-methyl/N-ethyl adjacent to an activating group) is 1. The van der Waals surface area contributed by atoms with Crippen LogP contribution in [0.15, 0.2) is 33.7 Å². The topological polar surface area (TPSA) is 119 Å². The zero-order valence-corrected chi connectivity index (χ0v) is 16.0. The number of carbonyl (C=O) groups excluding carboxylic acids is 1. The Bertz CT molecular complexity index is 840. The maximum absolute atomic E-state index is 12.0. The number of rotatable bonds is 8. The molecule has 9 heteroatoms. The molecule has 142 valence electrons. The second-order valence-corrected chi connectivity index (χ2v) is 7.83. The molecule has 1 aromatic carbocycles. The van der Waals surface area contributed by atoms with E-state index < -0.39 is 10.0 Å². The van der Waals surface area contributed by atoms with Crippen LogP contribution in [0.25, 0.3) is 0 Å². The Labute approximate surface area is 153 Å².